The van der Waals surface area contributed by atoms with Crippen molar-refractivity contribution in [2.75, 3.05) is 11.9 Å². The molecule has 0 saturated carbocycles. The molecule has 0 aliphatic heterocycles. The molecular formula is C19H24N2O4. The summed E-state index contributed by atoms with van der Waals surface area (Å²) in [5.74, 6) is -2.35. The number of aliphatic carboxylic acids is 1. The Hall–Kier alpha value is -2.63. The molecule has 1 aliphatic carbocycles. The number of rotatable bonds is 6. The van der Waals surface area contributed by atoms with E-state index in [4.69, 9.17) is 0 Å². The van der Waals surface area contributed by atoms with E-state index in [1.807, 2.05) is 19.9 Å². The number of carbonyl (C=O) groups excluding carboxylic acids is 2. The molecular weight excluding hydrogens is 320 g/mol. The van der Waals surface area contributed by atoms with E-state index in [1.54, 1.807) is 30.3 Å². The number of nitrogens with one attached hydrogen (secondary N) is 2. The van der Waals surface area contributed by atoms with E-state index >= 15 is 0 Å². The molecule has 0 aromatic heterocycles. The predicted octanol–water partition coefficient (Wildman–Crippen LogP) is 2.68. The third-order valence-electron chi connectivity index (χ3n) is 4.17. The summed E-state index contributed by atoms with van der Waals surface area (Å²) in [6.45, 7) is 4.64. The van der Waals surface area contributed by atoms with Gasteiger partial charge in [0.05, 0.1) is 11.8 Å². The van der Waals surface area contributed by atoms with Gasteiger partial charge in [-0.25, -0.2) is 0 Å². The zero-order valence-electron chi connectivity index (χ0n) is 14.5. The van der Waals surface area contributed by atoms with Gasteiger partial charge in [0.25, 0.3) is 5.91 Å². The normalized spacial score (nSPS) is 19.5. The molecule has 2 amide bonds. The van der Waals surface area contributed by atoms with Gasteiger partial charge in [-0.05, 0) is 43.0 Å². The molecule has 6 nitrogen and oxygen atoms in total. The molecule has 0 bridgehead atoms. The van der Waals surface area contributed by atoms with E-state index in [0.717, 1.165) is 0 Å². The van der Waals surface area contributed by atoms with Crippen molar-refractivity contribution in [3.63, 3.8) is 0 Å². The Bertz CT molecular complexity index is 665. The molecule has 6 heteroatoms. The van der Waals surface area contributed by atoms with Crippen molar-refractivity contribution < 1.29 is 19.5 Å². The second kappa shape index (κ2) is 8.46. The first-order chi connectivity index (χ1) is 11.9. The second-order valence-corrected chi connectivity index (χ2v) is 6.66. The summed E-state index contributed by atoms with van der Waals surface area (Å²) in [5.41, 5.74) is 1.06. The molecule has 0 radical (unpaired) electrons. The summed E-state index contributed by atoms with van der Waals surface area (Å²) in [4.78, 5) is 35.7. The monoisotopic (exact) mass is 344 g/mol. The van der Waals surface area contributed by atoms with Gasteiger partial charge in [-0.1, -0.05) is 26.0 Å². The van der Waals surface area contributed by atoms with Gasteiger partial charge in [0.2, 0.25) is 5.91 Å². The van der Waals surface area contributed by atoms with Crippen molar-refractivity contribution in [3.8, 4) is 0 Å². The summed E-state index contributed by atoms with van der Waals surface area (Å²) in [6, 6.07) is 6.58. The van der Waals surface area contributed by atoms with Crippen LogP contribution in [0.2, 0.25) is 0 Å². The molecule has 2 rings (SSSR count). The quantitative estimate of drug-likeness (QED) is 0.691. The van der Waals surface area contributed by atoms with Crippen molar-refractivity contribution >= 4 is 23.5 Å². The highest BCUT2D eigenvalue weighted by molar-refractivity contribution is 5.97. The molecule has 1 aliphatic rings. The Morgan fingerprint density at radius 2 is 1.68 bits per heavy atom. The van der Waals surface area contributed by atoms with Crippen LogP contribution in [-0.4, -0.2) is 29.4 Å². The smallest absolute Gasteiger partial charge is 0.307 e. The molecule has 0 spiro atoms. The van der Waals surface area contributed by atoms with Gasteiger partial charge in [-0.15, -0.1) is 0 Å². The molecule has 1 aromatic carbocycles. The largest absolute Gasteiger partial charge is 0.481 e. The molecule has 134 valence electrons. The summed E-state index contributed by atoms with van der Waals surface area (Å²) >= 11 is 0. The summed E-state index contributed by atoms with van der Waals surface area (Å²) in [6.07, 6.45) is 4.42. The third kappa shape index (κ3) is 5.17. The van der Waals surface area contributed by atoms with Gasteiger partial charge in [0.1, 0.15) is 0 Å². The number of hydrogen-bond donors (Lipinski definition) is 3. The summed E-state index contributed by atoms with van der Waals surface area (Å²) in [7, 11) is 0. The standard InChI is InChI=1S/C19H24N2O4/c1-12(2)11-20-17(22)13-7-9-14(10-8-13)21-18(23)15-5-3-4-6-16(15)19(24)25/h3-4,7-10,12,15-16H,5-6,11H2,1-2H3,(H,20,22)(H,21,23)(H,24,25). The van der Waals surface area contributed by atoms with Crippen LogP contribution in [-0.2, 0) is 9.59 Å². The first-order valence-electron chi connectivity index (χ1n) is 8.45. The van der Waals surface area contributed by atoms with Gasteiger partial charge >= 0.3 is 5.97 Å². The van der Waals surface area contributed by atoms with Crippen molar-refractivity contribution in [1.29, 1.82) is 0 Å². The Kier molecular flexibility index (Phi) is 6.33. The van der Waals surface area contributed by atoms with Crippen molar-refractivity contribution in [2.45, 2.75) is 26.7 Å². The number of carboxylic acid groups (broad SMARTS) is 1. The highest BCUT2D eigenvalue weighted by atomic mass is 16.4. The van der Waals surface area contributed by atoms with Crippen molar-refractivity contribution in [2.24, 2.45) is 17.8 Å². The van der Waals surface area contributed by atoms with Crippen LogP contribution in [0.4, 0.5) is 5.69 Å². The Morgan fingerprint density at radius 1 is 1.08 bits per heavy atom. The fraction of sp³-hybridized carbons (Fsp3) is 0.421. The Labute approximate surface area is 147 Å². The minimum absolute atomic E-state index is 0.157. The van der Waals surface area contributed by atoms with E-state index in [2.05, 4.69) is 10.6 Å². The van der Waals surface area contributed by atoms with Crippen LogP contribution >= 0.6 is 0 Å². The molecule has 0 fully saturated rings. The van der Waals surface area contributed by atoms with Crippen LogP contribution in [0.5, 0.6) is 0 Å². The number of carboxylic acids is 1. The first-order valence-corrected chi connectivity index (χ1v) is 8.45. The van der Waals surface area contributed by atoms with Gasteiger partial charge in [0.15, 0.2) is 0 Å². The fourth-order valence-corrected chi connectivity index (χ4v) is 2.72. The van der Waals surface area contributed by atoms with Gasteiger partial charge in [0, 0.05) is 17.8 Å². The van der Waals surface area contributed by atoms with Crippen LogP contribution in [0.1, 0.15) is 37.0 Å². The minimum atomic E-state index is -0.957. The molecule has 0 saturated heterocycles. The lowest BCUT2D eigenvalue weighted by Gasteiger charge is -2.24. The molecule has 3 N–H and O–H groups in total. The van der Waals surface area contributed by atoms with Gasteiger partial charge in [-0.2, -0.15) is 0 Å². The molecule has 2 unspecified atom stereocenters. The lowest BCUT2D eigenvalue weighted by molar-refractivity contribution is -0.146. The average Bonchev–Trinajstić information content (AvgIpc) is 2.60. The maximum absolute atomic E-state index is 12.4. The Morgan fingerprint density at radius 3 is 2.24 bits per heavy atom. The maximum Gasteiger partial charge on any atom is 0.307 e. The van der Waals surface area contributed by atoms with E-state index in [0.29, 0.717) is 36.6 Å². The van der Waals surface area contributed by atoms with Crippen LogP contribution < -0.4 is 10.6 Å². The van der Waals surface area contributed by atoms with Crippen LogP contribution in [0.3, 0.4) is 0 Å². The van der Waals surface area contributed by atoms with Gasteiger partial charge < -0.3 is 15.7 Å². The average molecular weight is 344 g/mol. The van der Waals surface area contributed by atoms with Gasteiger partial charge in [-0.3, -0.25) is 14.4 Å². The van der Waals surface area contributed by atoms with Crippen LogP contribution in [0, 0.1) is 17.8 Å². The molecule has 0 heterocycles. The zero-order valence-corrected chi connectivity index (χ0v) is 14.5. The molecule has 2 atom stereocenters. The van der Waals surface area contributed by atoms with Crippen LogP contribution in [0.25, 0.3) is 0 Å². The van der Waals surface area contributed by atoms with Crippen LogP contribution in [0.15, 0.2) is 36.4 Å². The highest BCUT2D eigenvalue weighted by Gasteiger charge is 2.33. The first kappa shape index (κ1) is 18.7. The fourth-order valence-electron chi connectivity index (χ4n) is 2.72. The molecule has 25 heavy (non-hydrogen) atoms. The Balaban J connectivity index is 1.98. The van der Waals surface area contributed by atoms with Crippen molar-refractivity contribution in [3.05, 3.63) is 42.0 Å². The number of anilines is 1. The molecule has 1 aromatic rings. The number of carbonyl (C=O) groups is 3. The zero-order chi connectivity index (χ0) is 18.4. The van der Waals surface area contributed by atoms with E-state index in [1.165, 1.54) is 0 Å². The van der Waals surface area contributed by atoms with E-state index < -0.39 is 17.8 Å². The maximum atomic E-state index is 12.4. The number of amides is 2. The second-order valence-electron chi connectivity index (χ2n) is 6.66. The number of benzene rings is 1. The minimum Gasteiger partial charge on any atom is -0.481 e. The number of allylic oxidation sites excluding steroid dienone is 2. The van der Waals surface area contributed by atoms with Crippen molar-refractivity contribution in [1.82, 2.24) is 5.32 Å². The highest BCUT2D eigenvalue weighted by Crippen LogP contribution is 2.27. The topological polar surface area (TPSA) is 95.5 Å². The SMILES string of the molecule is CC(C)CNC(=O)c1ccc(NC(=O)C2CC=CCC2C(=O)O)cc1. The summed E-state index contributed by atoms with van der Waals surface area (Å²) in [5, 5.41) is 14.8. The number of hydrogen-bond acceptors (Lipinski definition) is 3. The van der Waals surface area contributed by atoms with E-state index in [9.17, 15) is 19.5 Å². The third-order valence-corrected chi connectivity index (χ3v) is 4.17. The lowest BCUT2D eigenvalue weighted by Crippen LogP contribution is -2.34. The summed E-state index contributed by atoms with van der Waals surface area (Å²) < 4.78 is 0. The lowest BCUT2D eigenvalue weighted by atomic mass is 9.82. The predicted molar refractivity (Wildman–Crippen MR) is 95.2 cm³/mol. The van der Waals surface area contributed by atoms with E-state index in [-0.39, 0.29) is 11.8 Å².